The lowest BCUT2D eigenvalue weighted by molar-refractivity contribution is 0.483. The van der Waals surface area contributed by atoms with Crippen molar-refractivity contribution in [2.45, 2.75) is 19.4 Å². The third-order valence-corrected chi connectivity index (χ3v) is 3.47. The lowest BCUT2D eigenvalue weighted by atomic mass is 9.98. The van der Waals surface area contributed by atoms with Gasteiger partial charge in [-0.1, -0.05) is 41.9 Å². The maximum absolute atomic E-state index is 13.8. The van der Waals surface area contributed by atoms with Crippen LogP contribution < -0.4 is 5.73 Å². The highest BCUT2D eigenvalue weighted by atomic mass is 35.5. The van der Waals surface area contributed by atoms with Crippen molar-refractivity contribution in [2.24, 2.45) is 5.73 Å². The first-order chi connectivity index (χ1) is 9.00. The monoisotopic (exact) mass is 281 g/mol. The van der Waals surface area contributed by atoms with Crippen molar-refractivity contribution in [3.63, 3.8) is 0 Å². The van der Waals surface area contributed by atoms with E-state index in [1.54, 1.807) is 6.07 Å². The van der Waals surface area contributed by atoms with Crippen LogP contribution in [0.5, 0.6) is 0 Å². The molecule has 2 N–H and O–H groups in total. The number of rotatable bonds is 3. The molecule has 1 unspecified atom stereocenters. The first-order valence-corrected chi connectivity index (χ1v) is 6.32. The molecule has 0 amide bonds. The Kier molecular flexibility index (Phi) is 4.17. The first kappa shape index (κ1) is 14.0. The smallest absolute Gasteiger partial charge is 0.163 e. The van der Waals surface area contributed by atoms with E-state index < -0.39 is 17.7 Å². The lowest BCUT2D eigenvalue weighted by Gasteiger charge is -2.15. The van der Waals surface area contributed by atoms with Gasteiger partial charge < -0.3 is 5.73 Å². The van der Waals surface area contributed by atoms with Crippen molar-refractivity contribution in [3.8, 4) is 0 Å². The molecule has 0 radical (unpaired) electrons. The molecule has 0 fully saturated rings. The molecule has 0 aliphatic heterocycles. The number of benzene rings is 2. The Hall–Kier alpha value is -1.45. The van der Waals surface area contributed by atoms with Gasteiger partial charge in [-0.3, -0.25) is 0 Å². The van der Waals surface area contributed by atoms with Crippen molar-refractivity contribution >= 4 is 11.6 Å². The minimum atomic E-state index is -0.875. The molecular formula is C15H14ClF2N. The minimum Gasteiger partial charge on any atom is -0.324 e. The van der Waals surface area contributed by atoms with E-state index in [9.17, 15) is 8.78 Å². The zero-order chi connectivity index (χ0) is 14.0. The van der Waals surface area contributed by atoms with E-state index in [-0.39, 0.29) is 11.1 Å². The average molecular weight is 282 g/mol. The largest absolute Gasteiger partial charge is 0.324 e. The van der Waals surface area contributed by atoms with Crippen LogP contribution in [0.15, 0.2) is 36.4 Å². The molecule has 1 atom stereocenters. The maximum atomic E-state index is 13.8. The van der Waals surface area contributed by atoms with Crippen molar-refractivity contribution in [3.05, 3.63) is 69.7 Å². The summed E-state index contributed by atoms with van der Waals surface area (Å²) in [7, 11) is 0. The molecule has 0 aliphatic rings. The lowest BCUT2D eigenvalue weighted by Crippen LogP contribution is -2.16. The van der Waals surface area contributed by atoms with E-state index in [0.29, 0.717) is 11.4 Å². The van der Waals surface area contributed by atoms with Crippen LogP contribution in [0.3, 0.4) is 0 Å². The summed E-state index contributed by atoms with van der Waals surface area (Å²) in [5.41, 5.74) is 7.21. The summed E-state index contributed by atoms with van der Waals surface area (Å²) in [5.74, 6) is -1.72. The Balaban J connectivity index is 2.28. The Morgan fingerprint density at radius 2 is 1.79 bits per heavy atom. The van der Waals surface area contributed by atoms with Crippen molar-refractivity contribution in [2.75, 3.05) is 0 Å². The van der Waals surface area contributed by atoms with Gasteiger partial charge in [0, 0.05) is 16.6 Å². The van der Waals surface area contributed by atoms with Gasteiger partial charge in [0.05, 0.1) is 0 Å². The van der Waals surface area contributed by atoms with Gasteiger partial charge in [0.25, 0.3) is 0 Å². The Morgan fingerprint density at radius 3 is 2.47 bits per heavy atom. The molecule has 0 aromatic heterocycles. The van der Waals surface area contributed by atoms with Gasteiger partial charge in [0.1, 0.15) is 0 Å². The van der Waals surface area contributed by atoms with Crippen molar-refractivity contribution in [1.82, 2.24) is 0 Å². The van der Waals surface area contributed by atoms with Crippen LogP contribution in [0, 0.1) is 18.6 Å². The zero-order valence-electron chi connectivity index (χ0n) is 10.5. The van der Waals surface area contributed by atoms with Crippen LogP contribution in [-0.4, -0.2) is 0 Å². The standard InChI is InChI=1S/C15H14ClF2N/c1-9-6-7-11(15(18)14(9)17)13(19)8-10-4-2-3-5-12(10)16/h2-7,13H,8,19H2,1H3. The third kappa shape index (κ3) is 2.94. The number of aryl methyl sites for hydroxylation is 1. The van der Waals surface area contributed by atoms with Crippen LogP contribution in [0.1, 0.15) is 22.7 Å². The van der Waals surface area contributed by atoms with E-state index in [4.69, 9.17) is 17.3 Å². The van der Waals surface area contributed by atoms with Crippen molar-refractivity contribution in [1.29, 1.82) is 0 Å². The Bertz CT molecular complexity index is 599. The van der Waals surface area contributed by atoms with E-state index in [0.717, 1.165) is 5.56 Å². The zero-order valence-corrected chi connectivity index (χ0v) is 11.2. The third-order valence-electron chi connectivity index (χ3n) is 3.10. The van der Waals surface area contributed by atoms with Gasteiger partial charge in [0.15, 0.2) is 11.6 Å². The molecule has 2 aromatic carbocycles. The van der Waals surface area contributed by atoms with Gasteiger partial charge in [0.2, 0.25) is 0 Å². The minimum absolute atomic E-state index is 0.169. The number of hydrogen-bond acceptors (Lipinski definition) is 1. The normalized spacial score (nSPS) is 12.5. The van der Waals surface area contributed by atoms with Crippen LogP contribution in [0.2, 0.25) is 5.02 Å². The highest BCUT2D eigenvalue weighted by molar-refractivity contribution is 6.31. The van der Waals surface area contributed by atoms with E-state index in [1.807, 2.05) is 18.2 Å². The second-order valence-corrected chi connectivity index (χ2v) is 4.91. The molecule has 2 rings (SSSR count). The molecule has 0 saturated heterocycles. The maximum Gasteiger partial charge on any atom is 0.163 e. The molecule has 4 heteroatoms. The molecular weight excluding hydrogens is 268 g/mol. The first-order valence-electron chi connectivity index (χ1n) is 5.94. The SMILES string of the molecule is Cc1ccc(C(N)Cc2ccccc2Cl)c(F)c1F. The predicted octanol–water partition coefficient (Wildman–Crippen LogP) is 4.17. The molecule has 0 saturated carbocycles. The van der Waals surface area contributed by atoms with Crippen LogP contribution in [-0.2, 0) is 6.42 Å². The Labute approximate surface area is 116 Å². The fourth-order valence-corrected chi connectivity index (χ4v) is 2.17. The van der Waals surface area contributed by atoms with E-state index >= 15 is 0 Å². The van der Waals surface area contributed by atoms with Gasteiger partial charge in [-0.2, -0.15) is 0 Å². The Morgan fingerprint density at radius 1 is 1.11 bits per heavy atom. The molecule has 0 aliphatic carbocycles. The molecule has 100 valence electrons. The summed E-state index contributed by atoms with van der Waals surface area (Å²) < 4.78 is 27.3. The number of hydrogen-bond donors (Lipinski definition) is 1. The van der Waals surface area contributed by atoms with E-state index in [2.05, 4.69) is 0 Å². The highest BCUT2D eigenvalue weighted by Gasteiger charge is 2.17. The summed E-state index contributed by atoms with van der Waals surface area (Å²) in [4.78, 5) is 0. The molecule has 0 bridgehead atoms. The number of nitrogens with two attached hydrogens (primary N) is 1. The van der Waals surface area contributed by atoms with Gasteiger partial charge in [-0.05, 0) is 30.5 Å². The quantitative estimate of drug-likeness (QED) is 0.898. The van der Waals surface area contributed by atoms with Gasteiger partial charge in [-0.15, -0.1) is 0 Å². The summed E-state index contributed by atoms with van der Waals surface area (Å²) in [6.07, 6.45) is 0.360. The average Bonchev–Trinajstić information content (AvgIpc) is 2.39. The number of halogens is 3. The summed E-state index contributed by atoms with van der Waals surface area (Å²) in [6.45, 7) is 1.52. The molecule has 0 spiro atoms. The topological polar surface area (TPSA) is 26.0 Å². The highest BCUT2D eigenvalue weighted by Crippen LogP contribution is 2.25. The van der Waals surface area contributed by atoms with Gasteiger partial charge in [-0.25, -0.2) is 8.78 Å². The van der Waals surface area contributed by atoms with Crippen LogP contribution in [0.4, 0.5) is 8.78 Å². The second-order valence-electron chi connectivity index (χ2n) is 4.50. The summed E-state index contributed by atoms with van der Waals surface area (Å²) in [5, 5.41) is 0.575. The fourth-order valence-electron chi connectivity index (χ4n) is 1.96. The summed E-state index contributed by atoms with van der Waals surface area (Å²) >= 11 is 6.03. The predicted molar refractivity (Wildman–Crippen MR) is 73.2 cm³/mol. The van der Waals surface area contributed by atoms with Gasteiger partial charge >= 0.3 is 0 Å². The second kappa shape index (κ2) is 5.68. The van der Waals surface area contributed by atoms with Crippen LogP contribution in [0.25, 0.3) is 0 Å². The van der Waals surface area contributed by atoms with Crippen LogP contribution >= 0.6 is 11.6 Å². The fraction of sp³-hybridized carbons (Fsp3) is 0.200. The molecule has 0 heterocycles. The van der Waals surface area contributed by atoms with E-state index in [1.165, 1.54) is 19.1 Å². The molecule has 1 nitrogen and oxygen atoms in total. The van der Waals surface area contributed by atoms with Crippen molar-refractivity contribution < 1.29 is 8.78 Å². The summed E-state index contributed by atoms with van der Waals surface area (Å²) in [6, 6.07) is 9.63. The molecule has 19 heavy (non-hydrogen) atoms. The molecule has 2 aromatic rings.